The van der Waals surface area contributed by atoms with Crippen LogP contribution in [0.3, 0.4) is 0 Å². The summed E-state index contributed by atoms with van der Waals surface area (Å²) in [6.07, 6.45) is 2.38. The number of benzene rings is 2. The first-order chi connectivity index (χ1) is 16.7. The fourth-order valence-corrected chi connectivity index (χ4v) is 4.22. The number of nitrogens with one attached hydrogen (secondary N) is 2. The zero-order chi connectivity index (χ0) is 25.5. The molecule has 0 fully saturated rings. The third kappa shape index (κ3) is 7.12. The van der Waals surface area contributed by atoms with Crippen molar-refractivity contribution in [1.82, 2.24) is 15.3 Å². The Balaban J connectivity index is 1.76. The number of aliphatic hydroxyl groups excluding tert-OH is 2. The molecule has 0 saturated carbocycles. The number of nitrogens with zero attached hydrogens (tertiary/aromatic N) is 2. The lowest BCUT2D eigenvalue weighted by Crippen LogP contribution is -2.23. The Hall–Kier alpha value is -3.24. The van der Waals surface area contributed by atoms with Crippen LogP contribution < -0.4 is 11.1 Å². The molecule has 0 aliphatic heterocycles. The van der Waals surface area contributed by atoms with Crippen LogP contribution in [0.25, 0.3) is 17.0 Å². The topological polar surface area (TPSA) is 151 Å². The summed E-state index contributed by atoms with van der Waals surface area (Å²) in [5.74, 6) is -0.213. The summed E-state index contributed by atoms with van der Waals surface area (Å²) in [7, 11) is 0. The highest BCUT2D eigenvalue weighted by atomic mass is 32.2. The van der Waals surface area contributed by atoms with Gasteiger partial charge < -0.3 is 31.2 Å². The standard InChI is InChI=1S/C26H31N5O3S/c1-16(2)35(34)21-10-8-20(9-11-21)23-15-30-26(28)25(31-23)24(33)12-22(27)19-6-4-18(5-7-19)14-29-13-17(3)32/h4-12,15-17,27,29,32-33H,13-14H2,1-3H3,(H2,28,30)/b24-12-,27-22?. The van der Waals surface area contributed by atoms with Gasteiger partial charge in [-0.2, -0.15) is 0 Å². The van der Waals surface area contributed by atoms with Crippen LogP contribution >= 0.6 is 0 Å². The van der Waals surface area contributed by atoms with Crippen molar-refractivity contribution in [3.05, 3.63) is 77.6 Å². The van der Waals surface area contributed by atoms with Crippen molar-refractivity contribution >= 4 is 28.5 Å². The molecule has 2 aromatic carbocycles. The Labute approximate surface area is 208 Å². The maximum absolute atomic E-state index is 12.3. The summed E-state index contributed by atoms with van der Waals surface area (Å²) in [5, 5.41) is 31.5. The molecular weight excluding hydrogens is 462 g/mol. The van der Waals surface area contributed by atoms with Gasteiger partial charge in [-0.15, -0.1) is 0 Å². The van der Waals surface area contributed by atoms with Gasteiger partial charge in [0.1, 0.15) is 16.7 Å². The highest BCUT2D eigenvalue weighted by Crippen LogP contribution is 2.24. The second-order valence-corrected chi connectivity index (χ2v) is 10.5. The van der Waals surface area contributed by atoms with E-state index in [9.17, 15) is 14.8 Å². The molecule has 0 spiro atoms. The van der Waals surface area contributed by atoms with E-state index in [0.29, 0.717) is 24.3 Å². The molecule has 9 heteroatoms. The average Bonchev–Trinajstić information content (AvgIpc) is 2.84. The Bertz CT molecular complexity index is 1180. The molecule has 3 aromatic rings. The largest absolute Gasteiger partial charge is 0.611 e. The lowest BCUT2D eigenvalue weighted by Gasteiger charge is -2.14. The molecule has 0 aliphatic carbocycles. The van der Waals surface area contributed by atoms with E-state index in [4.69, 9.17) is 11.1 Å². The van der Waals surface area contributed by atoms with Gasteiger partial charge in [0.15, 0.2) is 10.7 Å². The molecule has 6 N–H and O–H groups in total. The summed E-state index contributed by atoms with van der Waals surface area (Å²) in [6, 6.07) is 14.5. The second kappa shape index (κ2) is 11.9. The minimum atomic E-state index is -1.09. The number of nitrogen functional groups attached to an aromatic ring is 1. The number of hydrogen-bond donors (Lipinski definition) is 5. The van der Waals surface area contributed by atoms with Crippen LogP contribution in [0.2, 0.25) is 0 Å². The number of rotatable bonds is 10. The SMILES string of the molecule is CC(O)CNCc1ccc(C(=N)/C=C(\O)c2nc(-c3ccc([S+]([O-])C(C)C)cc3)cnc2N)cc1. The molecule has 0 aliphatic rings. The van der Waals surface area contributed by atoms with E-state index in [1.54, 1.807) is 43.3 Å². The molecule has 1 heterocycles. The monoisotopic (exact) mass is 493 g/mol. The van der Waals surface area contributed by atoms with Gasteiger partial charge in [0.05, 0.1) is 23.7 Å². The summed E-state index contributed by atoms with van der Waals surface area (Å²) < 4.78 is 12.3. The second-order valence-electron chi connectivity index (χ2n) is 8.48. The van der Waals surface area contributed by atoms with E-state index in [0.717, 1.165) is 16.0 Å². The van der Waals surface area contributed by atoms with E-state index in [1.165, 1.54) is 12.3 Å². The van der Waals surface area contributed by atoms with Gasteiger partial charge in [0.2, 0.25) is 0 Å². The van der Waals surface area contributed by atoms with Crippen molar-refractivity contribution in [3.8, 4) is 11.3 Å². The third-order valence-electron chi connectivity index (χ3n) is 5.17. The highest BCUT2D eigenvalue weighted by Gasteiger charge is 2.16. The minimum Gasteiger partial charge on any atom is -0.611 e. The summed E-state index contributed by atoms with van der Waals surface area (Å²) in [5.41, 5.74) is 9.01. The van der Waals surface area contributed by atoms with Crippen LogP contribution in [-0.2, 0) is 17.7 Å². The van der Waals surface area contributed by atoms with Crippen LogP contribution in [0.5, 0.6) is 0 Å². The number of anilines is 1. The molecule has 3 rings (SSSR count). The molecule has 0 radical (unpaired) electrons. The van der Waals surface area contributed by atoms with Gasteiger partial charge in [-0.25, -0.2) is 9.97 Å². The Morgan fingerprint density at radius 3 is 2.40 bits per heavy atom. The molecule has 0 saturated heterocycles. The van der Waals surface area contributed by atoms with Crippen LogP contribution in [0, 0.1) is 5.41 Å². The van der Waals surface area contributed by atoms with Crippen molar-refractivity contribution in [3.63, 3.8) is 0 Å². The summed E-state index contributed by atoms with van der Waals surface area (Å²) >= 11 is -1.09. The van der Waals surface area contributed by atoms with Gasteiger partial charge in [-0.3, -0.25) is 0 Å². The van der Waals surface area contributed by atoms with Crippen LogP contribution in [0.4, 0.5) is 5.82 Å². The Kier molecular flexibility index (Phi) is 9.00. The lowest BCUT2D eigenvalue weighted by molar-refractivity contribution is 0.191. The number of aliphatic hydroxyl groups is 2. The van der Waals surface area contributed by atoms with Gasteiger partial charge in [-0.05, 0) is 67.3 Å². The van der Waals surface area contributed by atoms with Crippen LogP contribution in [-0.4, -0.2) is 48.3 Å². The molecular formula is C26H31N5O3S. The fraction of sp³-hybridized carbons (Fsp3) is 0.269. The molecule has 2 atom stereocenters. The zero-order valence-corrected chi connectivity index (χ0v) is 20.8. The van der Waals surface area contributed by atoms with Crippen molar-refractivity contribution < 1.29 is 14.8 Å². The first-order valence-corrected chi connectivity index (χ1v) is 12.5. The smallest absolute Gasteiger partial charge is 0.153 e. The lowest BCUT2D eigenvalue weighted by atomic mass is 10.1. The maximum Gasteiger partial charge on any atom is 0.153 e. The van der Waals surface area contributed by atoms with E-state index in [2.05, 4.69) is 15.3 Å². The number of aromatic nitrogens is 2. The molecule has 0 amide bonds. The number of nitrogens with two attached hydrogens (primary N) is 1. The molecule has 8 nitrogen and oxygen atoms in total. The van der Waals surface area contributed by atoms with E-state index < -0.39 is 17.3 Å². The average molecular weight is 494 g/mol. The van der Waals surface area contributed by atoms with Gasteiger partial charge in [0.25, 0.3) is 0 Å². The Morgan fingerprint density at radius 2 is 1.80 bits per heavy atom. The normalized spacial score (nSPS) is 13.6. The van der Waals surface area contributed by atoms with Crippen molar-refractivity contribution in [1.29, 1.82) is 5.41 Å². The maximum atomic E-state index is 12.3. The summed E-state index contributed by atoms with van der Waals surface area (Å²) in [4.78, 5) is 9.34. The molecule has 184 valence electrons. The predicted molar refractivity (Wildman–Crippen MR) is 141 cm³/mol. The Morgan fingerprint density at radius 1 is 1.14 bits per heavy atom. The molecule has 2 unspecified atom stereocenters. The molecule has 0 bridgehead atoms. The molecule has 35 heavy (non-hydrogen) atoms. The van der Waals surface area contributed by atoms with Crippen LogP contribution in [0.1, 0.15) is 37.6 Å². The van der Waals surface area contributed by atoms with Crippen molar-refractivity contribution in [2.45, 2.75) is 43.6 Å². The van der Waals surface area contributed by atoms with E-state index >= 15 is 0 Å². The first kappa shape index (κ1) is 26.4. The fourth-order valence-electron chi connectivity index (χ4n) is 3.27. The number of hydrogen-bond acceptors (Lipinski definition) is 8. The zero-order valence-electron chi connectivity index (χ0n) is 20.0. The third-order valence-corrected chi connectivity index (χ3v) is 6.76. The number of allylic oxidation sites excluding steroid dienone is 1. The van der Waals surface area contributed by atoms with Gasteiger partial charge >= 0.3 is 0 Å². The van der Waals surface area contributed by atoms with E-state index in [-0.39, 0.29) is 28.2 Å². The van der Waals surface area contributed by atoms with Crippen LogP contribution in [0.15, 0.2) is 65.7 Å². The first-order valence-electron chi connectivity index (χ1n) is 11.3. The van der Waals surface area contributed by atoms with Crippen molar-refractivity contribution in [2.24, 2.45) is 0 Å². The predicted octanol–water partition coefficient (Wildman–Crippen LogP) is 3.68. The van der Waals surface area contributed by atoms with Gasteiger partial charge in [0, 0.05) is 24.7 Å². The molecule has 1 aromatic heterocycles. The van der Waals surface area contributed by atoms with Gasteiger partial charge in [-0.1, -0.05) is 24.3 Å². The minimum absolute atomic E-state index is 0.0177. The quantitative estimate of drug-likeness (QED) is 0.164. The summed E-state index contributed by atoms with van der Waals surface area (Å²) in [6.45, 7) is 6.62. The highest BCUT2D eigenvalue weighted by molar-refractivity contribution is 7.92. The van der Waals surface area contributed by atoms with Crippen molar-refractivity contribution in [2.75, 3.05) is 12.3 Å². The van der Waals surface area contributed by atoms with E-state index in [1.807, 2.05) is 26.0 Å².